The van der Waals surface area contributed by atoms with E-state index in [4.69, 9.17) is 5.73 Å². The minimum Gasteiger partial charge on any atom is -0.396 e. The van der Waals surface area contributed by atoms with Gasteiger partial charge in [0.25, 0.3) is 5.78 Å². The molecule has 0 fully saturated rings. The van der Waals surface area contributed by atoms with Crippen LogP contribution in [0.15, 0.2) is 36.8 Å². The van der Waals surface area contributed by atoms with E-state index in [0.29, 0.717) is 23.0 Å². The molecule has 2 N–H and O–H groups in total. The van der Waals surface area contributed by atoms with Crippen molar-refractivity contribution in [2.24, 2.45) is 0 Å². The molecular formula is C10H8N6. The number of nitrogen functional groups attached to an aromatic ring is 1. The maximum Gasteiger partial charge on any atom is 0.252 e. The molecule has 6 heteroatoms. The Morgan fingerprint density at radius 3 is 2.94 bits per heavy atom. The van der Waals surface area contributed by atoms with Gasteiger partial charge < -0.3 is 5.73 Å². The number of aromatic nitrogens is 5. The number of anilines is 1. The van der Waals surface area contributed by atoms with Gasteiger partial charge in [-0.05, 0) is 12.1 Å². The molecule has 3 aromatic heterocycles. The first-order valence-corrected chi connectivity index (χ1v) is 4.72. The molecule has 0 atom stereocenters. The topological polar surface area (TPSA) is 82.0 Å². The fourth-order valence-electron chi connectivity index (χ4n) is 1.40. The summed E-state index contributed by atoms with van der Waals surface area (Å²) >= 11 is 0. The lowest BCUT2D eigenvalue weighted by Crippen LogP contribution is -1.94. The zero-order chi connectivity index (χ0) is 11.0. The summed E-state index contributed by atoms with van der Waals surface area (Å²) in [6.07, 6.45) is 4.91. The molecule has 0 aliphatic heterocycles. The van der Waals surface area contributed by atoms with E-state index >= 15 is 0 Å². The number of nitrogens with two attached hydrogens (primary N) is 1. The van der Waals surface area contributed by atoms with Crippen LogP contribution in [0.3, 0.4) is 0 Å². The number of nitrogens with zero attached hydrogens (tertiary/aromatic N) is 5. The van der Waals surface area contributed by atoms with Gasteiger partial charge in [-0.1, -0.05) is 6.07 Å². The highest BCUT2D eigenvalue weighted by Crippen LogP contribution is 2.12. The van der Waals surface area contributed by atoms with Crippen molar-refractivity contribution in [1.82, 2.24) is 24.6 Å². The summed E-state index contributed by atoms with van der Waals surface area (Å²) in [7, 11) is 0. The monoisotopic (exact) mass is 212 g/mol. The lowest BCUT2D eigenvalue weighted by atomic mass is 10.3. The largest absolute Gasteiger partial charge is 0.396 e. The lowest BCUT2D eigenvalue weighted by Gasteiger charge is -1.91. The highest BCUT2D eigenvalue weighted by atomic mass is 15.3. The summed E-state index contributed by atoms with van der Waals surface area (Å²) in [5, 5.41) is 4.24. The fourth-order valence-corrected chi connectivity index (χ4v) is 1.40. The van der Waals surface area contributed by atoms with Crippen molar-refractivity contribution >= 4 is 11.5 Å². The molecule has 0 saturated carbocycles. The smallest absolute Gasteiger partial charge is 0.252 e. The second-order valence-corrected chi connectivity index (χ2v) is 3.28. The zero-order valence-corrected chi connectivity index (χ0v) is 8.28. The summed E-state index contributed by atoms with van der Waals surface area (Å²) in [4.78, 5) is 12.5. The minimum absolute atomic E-state index is 0.509. The summed E-state index contributed by atoms with van der Waals surface area (Å²) in [6, 6.07) is 5.57. The molecule has 3 aromatic rings. The van der Waals surface area contributed by atoms with E-state index in [-0.39, 0.29) is 0 Å². The Hall–Kier alpha value is -2.50. The average molecular weight is 212 g/mol. The third kappa shape index (κ3) is 1.36. The van der Waals surface area contributed by atoms with Crippen LogP contribution in [0.2, 0.25) is 0 Å². The van der Waals surface area contributed by atoms with E-state index in [1.165, 1.54) is 0 Å². The molecule has 78 valence electrons. The Bertz CT molecular complexity index is 630. The number of fused-ring (bicyclic) bond motifs is 1. The molecule has 6 nitrogen and oxygen atoms in total. The average Bonchev–Trinajstić information content (AvgIpc) is 2.73. The SMILES string of the molecule is Nc1cnc2nc(-c3ccccn3)nn2c1. The van der Waals surface area contributed by atoms with Gasteiger partial charge >= 0.3 is 0 Å². The van der Waals surface area contributed by atoms with Crippen molar-refractivity contribution in [3.05, 3.63) is 36.8 Å². The van der Waals surface area contributed by atoms with Crippen molar-refractivity contribution in [1.29, 1.82) is 0 Å². The van der Waals surface area contributed by atoms with Crippen LogP contribution in [0, 0.1) is 0 Å². The molecule has 0 saturated heterocycles. The van der Waals surface area contributed by atoms with Crippen LogP contribution in [-0.4, -0.2) is 24.6 Å². The number of rotatable bonds is 1. The summed E-state index contributed by atoms with van der Waals surface area (Å²) in [6.45, 7) is 0. The normalized spacial score (nSPS) is 10.8. The van der Waals surface area contributed by atoms with Gasteiger partial charge in [-0.2, -0.15) is 4.98 Å². The fraction of sp³-hybridized carbons (Fsp3) is 0. The molecule has 3 heterocycles. The standard InChI is InChI=1S/C10H8N6/c11-7-5-13-10-14-9(15-16(10)6-7)8-3-1-2-4-12-8/h1-6H,11H2. The number of hydrogen-bond acceptors (Lipinski definition) is 5. The van der Waals surface area contributed by atoms with Crippen LogP contribution in [0.5, 0.6) is 0 Å². The summed E-state index contributed by atoms with van der Waals surface area (Å²) in [5.41, 5.74) is 6.87. The molecule has 0 amide bonds. The lowest BCUT2D eigenvalue weighted by molar-refractivity contribution is 0.943. The third-order valence-electron chi connectivity index (χ3n) is 2.11. The Kier molecular flexibility index (Phi) is 1.79. The van der Waals surface area contributed by atoms with Gasteiger partial charge in [-0.15, -0.1) is 5.10 Å². The molecule has 0 radical (unpaired) electrons. The van der Waals surface area contributed by atoms with E-state index < -0.39 is 0 Å². The predicted molar refractivity (Wildman–Crippen MR) is 58.4 cm³/mol. The Morgan fingerprint density at radius 2 is 2.12 bits per heavy atom. The first-order chi connectivity index (χ1) is 7.83. The van der Waals surface area contributed by atoms with E-state index in [1.54, 1.807) is 23.1 Å². The zero-order valence-electron chi connectivity index (χ0n) is 8.28. The molecule has 0 bridgehead atoms. The summed E-state index contributed by atoms with van der Waals surface area (Å²) in [5.74, 6) is 1.05. The molecule has 0 spiro atoms. The third-order valence-corrected chi connectivity index (χ3v) is 2.11. The van der Waals surface area contributed by atoms with Crippen molar-refractivity contribution in [2.75, 3.05) is 5.73 Å². The van der Waals surface area contributed by atoms with Gasteiger partial charge in [0.05, 0.1) is 18.1 Å². The van der Waals surface area contributed by atoms with Crippen LogP contribution in [-0.2, 0) is 0 Å². The quantitative estimate of drug-likeness (QED) is 0.644. The van der Waals surface area contributed by atoms with Gasteiger partial charge in [0.2, 0.25) is 5.82 Å². The highest BCUT2D eigenvalue weighted by Gasteiger charge is 2.07. The first kappa shape index (κ1) is 8.78. The van der Waals surface area contributed by atoms with Crippen molar-refractivity contribution < 1.29 is 0 Å². The molecule has 0 aliphatic rings. The van der Waals surface area contributed by atoms with E-state index in [1.807, 2.05) is 18.2 Å². The molecule has 3 rings (SSSR count). The van der Waals surface area contributed by atoms with Crippen LogP contribution in [0.25, 0.3) is 17.3 Å². The van der Waals surface area contributed by atoms with Crippen LogP contribution < -0.4 is 5.73 Å². The molecule has 0 unspecified atom stereocenters. The van der Waals surface area contributed by atoms with Gasteiger partial charge in [0, 0.05) is 6.20 Å². The van der Waals surface area contributed by atoms with Gasteiger partial charge in [0.1, 0.15) is 5.69 Å². The second kappa shape index (κ2) is 3.27. The Labute approximate surface area is 90.8 Å². The van der Waals surface area contributed by atoms with E-state index in [2.05, 4.69) is 20.1 Å². The second-order valence-electron chi connectivity index (χ2n) is 3.28. The summed E-state index contributed by atoms with van der Waals surface area (Å²) < 4.78 is 1.54. The molecule has 0 aromatic carbocycles. The maximum atomic E-state index is 5.61. The van der Waals surface area contributed by atoms with Gasteiger partial charge in [-0.25, -0.2) is 9.50 Å². The predicted octanol–water partition coefficient (Wildman–Crippen LogP) is 0.768. The Balaban J connectivity index is 2.19. The maximum absolute atomic E-state index is 5.61. The van der Waals surface area contributed by atoms with Crippen LogP contribution in [0.1, 0.15) is 0 Å². The minimum atomic E-state index is 0.509. The number of hydrogen-bond donors (Lipinski definition) is 1. The van der Waals surface area contributed by atoms with E-state index in [9.17, 15) is 0 Å². The Morgan fingerprint density at radius 1 is 1.19 bits per heavy atom. The molecule has 16 heavy (non-hydrogen) atoms. The number of pyridine rings is 1. The van der Waals surface area contributed by atoms with Crippen molar-refractivity contribution in [3.8, 4) is 11.5 Å². The van der Waals surface area contributed by atoms with Gasteiger partial charge in [0.15, 0.2) is 0 Å². The van der Waals surface area contributed by atoms with Gasteiger partial charge in [-0.3, -0.25) is 4.98 Å². The van der Waals surface area contributed by atoms with Crippen molar-refractivity contribution in [3.63, 3.8) is 0 Å². The molecular weight excluding hydrogens is 204 g/mol. The van der Waals surface area contributed by atoms with Crippen LogP contribution in [0.4, 0.5) is 5.69 Å². The molecule has 0 aliphatic carbocycles. The van der Waals surface area contributed by atoms with E-state index in [0.717, 1.165) is 0 Å². The van der Waals surface area contributed by atoms with Crippen LogP contribution >= 0.6 is 0 Å². The first-order valence-electron chi connectivity index (χ1n) is 4.72. The van der Waals surface area contributed by atoms with Crippen molar-refractivity contribution in [2.45, 2.75) is 0 Å². The highest BCUT2D eigenvalue weighted by molar-refractivity contribution is 5.52.